The third-order valence-corrected chi connectivity index (χ3v) is 3.88. The minimum atomic E-state index is 0.183. The van der Waals surface area contributed by atoms with Crippen molar-refractivity contribution in [2.45, 2.75) is 45.6 Å². The smallest absolute Gasteiger partial charge is 0.256 e. The average Bonchev–Trinajstić information content (AvgIpc) is 2.47. The molecule has 1 amide bonds. The first-order valence-corrected chi connectivity index (χ1v) is 7.41. The zero-order valence-corrected chi connectivity index (χ0v) is 12.0. The van der Waals surface area contributed by atoms with E-state index in [0.717, 1.165) is 43.6 Å². The summed E-state index contributed by atoms with van der Waals surface area (Å²) in [5.74, 6) is 0.183. The van der Waals surface area contributed by atoms with Crippen LogP contribution in [-0.4, -0.2) is 29.9 Å². The molecule has 1 aliphatic rings. The third kappa shape index (κ3) is 3.09. The Balaban J connectivity index is 2.22. The van der Waals surface area contributed by atoms with E-state index >= 15 is 0 Å². The lowest BCUT2D eigenvalue weighted by Gasteiger charge is -2.35. The van der Waals surface area contributed by atoms with Crippen LogP contribution in [0.5, 0.6) is 0 Å². The van der Waals surface area contributed by atoms with E-state index in [-0.39, 0.29) is 5.91 Å². The molecule has 0 saturated carbocycles. The number of anilines is 1. The zero-order valence-electron chi connectivity index (χ0n) is 12.0. The van der Waals surface area contributed by atoms with Crippen LogP contribution in [-0.2, 0) is 0 Å². The van der Waals surface area contributed by atoms with Crippen molar-refractivity contribution in [1.29, 1.82) is 0 Å². The maximum absolute atomic E-state index is 12.8. The van der Waals surface area contributed by atoms with Crippen molar-refractivity contribution in [2.24, 2.45) is 0 Å². The summed E-state index contributed by atoms with van der Waals surface area (Å²) in [6.07, 6.45) is 4.57. The number of nitrogens with zero attached hydrogens (tertiary/aromatic N) is 1. The lowest BCUT2D eigenvalue weighted by molar-refractivity contribution is 0.0609. The maximum atomic E-state index is 12.8. The van der Waals surface area contributed by atoms with Crippen LogP contribution in [0.15, 0.2) is 24.3 Å². The van der Waals surface area contributed by atoms with E-state index in [1.54, 1.807) is 0 Å². The molecule has 1 aliphatic heterocycles. The van der Waals surface area contributed by atoms with Gasteiger partial charge in [-0.3, -0.25) is 4.79 Å². The molecule has 1 unspecified atom stereocenters. The van der Waals surface area contributed by atoms with Crippen molar-refractivity contribution in [3.8, 4) is 0 Å². The number of benzene rings is 1. The first-order chi connectivity index (χ1) is 9.27. The van der Waals surface area contributed by atoms with Gasteiger partial charge in [0.05, 0.1) is 5.56 Å². The van der Waals surface area contributed by atoms with E-state index in [1.807, 2.05) is 24.3 Å². The molecule has 1 saturated heterocycles. The summed E-state index contributed by atoms with van der Waals surface area (Å²) in [7, 11) is 0. The van der Waals surface area contributed by atoms with Gasteiger partial charge >= 0.3 is 0 Å². The van der Waals surface area contributed by atoms with E-state index in [0.29, 0.717) is 6.04 Å². The second-order valence-electron chi connectivity index (χ2n) is 5.13. The number of piperidine rings is 1. The SMILES string of the molecule is CCNc1ccccc1C(=O)N1CCCCC1CC. The molecule has 0 bridgehead atoms. The molecular formula is C16H24N2O. The van der Waals surface area contributed by atoms with Gasteiger partial charge in [-0.2, -0.15) is 0 Å². The van der Waals surface area contributed by atoms with Crippen molar-refractivity contribution in [1.82, 2.24) is 4.90 Å². The molecule has 0 radical (unpaired) electrons. The van der Waals surface area contributed by atoms with Gasteiger partial charge in [0.1, 0.15) is 0 Å². The molecule has 3 nitrogen and oxygen atoms in total. The molecule has 1 fully saturated rings. The van der Waals surface area contributed by atoms with Crippen LogP contribution in [0.3, 0.4) is 0 Å². The molecule has 0 aliphatic carbocycles. The van der Waals surface area contributed by atoms with E-state index in [2.05, 4.69) is 24.1 Å². The normalized spacial score (nSPS) is 19.3. The standard InChI is InChI=1S/C16H24N2O/c1-3-13-9-7-8-12-18(13)16(19)14-10-5-6-11-15(14)17-4-2/h5-6,10-11,13,17H,3-4,7-9,12H2,1-2H3. The van der Waals surface area contributed by atoms with Gasteiger partial charge < -0.3 is 10.2 Å². The summed E-state index contributed by atoms with van der Waals surface area (Å²) in [5, 5.41) is 3.28. The minimum Gasteiger partial charge on any atom is -0.385 e. The van der Waals surface area contributed by atoms with Crippen LogP contribution in [0.1, 0.15) is 49.9 Å². The molecule has 19 heavy (non-hydrogen) atoms. The number of carbonyl (C=O) groups excluding carboxylic acids is 1. The van der Waals surface area contributed by atoms with E-state index in [4.69, 9.17) is 0 Å². The van der Waals surface area contributed by atoms with E-state index in [9.17, 15) is 4.79 Å². The number of para-hydroxylation sites is 1. The zero-order chi connectivity index (χ0) is 13.7. The molecule has 0 spiro atoms. The summed E-state index contributed by atoms with van der Waals surface area (Å²) in [5.41, 5.74) is 1.76. The van der Waals surface area contributed by atoms with Crippen LogP contribution in [0.25, 0.3) is 0 Å². The summed E-state index contributed by atoms with van der Waals surface area (Å²) in [4.78, 5) is 14.8. The molecule has 2 rings (SSSR count). The Kier molecular flexibility index (Phi) is 4.83. The van der Waals surface area contributed by atoms with Gasteiger partial charge in [0.2, 0.25) is 0 Å². The summed E-state index contributed by atoms with van der Waals surface area (Å²) in [6, 6.07) is 8.25. The van der Waals surface area contributed by atoms with Crippen molar-refractivity contribution in [3.05, 3.63) is 29.8 Å². The number of carbonyl (C=O) groups is 1. The summed E-state index contributed by atoms with van der Waals surface area (Å²) < 4.78 is 0. The highest BCUT2D eigenvalue weighted by atomic mass is 16.2. The van der Waals surface area contributed by atoms with Gasteiger partial charge in [0, 0.05) is 24.8 Å². The molecule has 1 aromatic rings. The Bertz CT molecular complexity index is 431. The number of amides is 1. The van der Waals surface area contributed by atoms with Gasteiger partial charge in [0.15, 0.2) is 0 Å². The second-order valence-corrected chi connectivity index (χ2v) is 5.13. The molecular weight excluding hydrogens is 236 g/mol. The maximum Gasteiger partial charge on any atom is 0.256 e. The first-order valence-electron chi connectivity index (χ1n) is 7.41. The molecule has 1 heterocycles. The number of likely N-dealkylation sites (tertiary alicyclic amines) is 1. The predicted octanol–water partition coefficient (Wildman–Crippen LogP) is 3.52. The number of hydrogen-bond acceptors (Lipinski definition) is 2. The van der Waals surface area contributed by atoms with Crippen LogP contribution < -0.4 is 5.32 Å². The van der Waals surface area contributed by atoms with E-state index < -0.39 is 0 Å². The van der Waals surface area contributed by atoms with Gasteiger partial charge in [0.25, 0.3) is 5.91 Å². The lowest BCUT2D eigenvalue weighted by atomic mass is 9.98. The Hall–Kier alpha value is -1.51. The molecule has 0 aromatic heterocycles. The number of hydrogen-bond donors (Lipinski definition) is 1. The number of rotatable bonds is 4. The highest BCUT2D eigenvalue weighted by Gasteiger charge is 2.27. The van der Waals surface area contributed by atoms with Crippen LogP contribution in [0.2, 0.25) is 0 Å². The van der Waals surface area contributed by atoms with Crippen molar-refractivity contribution in [3.63, 3.8) is 0 Å². The fourth-order valence-corrected chi connectivity index (χ4v) is 2.86. The monoisotopic (exact) mass is 260 g/mol. The van der Waals surface area contributed by atoms with Crippen molar-refractivity contribution < 1.29 is 4.79 Å². The van der Waals surface area contributed by atoms with Crippen LogP contribution in [0.4, 0.5) is 5.69 Å². The molecule has 104 valence electrons. The molecule has 1 atom stereocenters. The highest BCUT2D eigenvalue weighted by Crippen LogP contribution is 2.24. The topological polar surface area (TPSA) is 32.3 Å². The van der Waals surface area contributed by atoms with Gasteiger partial charge in [-0.25, -0.2) is 0 Å². The Labute approximate surface area is 116 Å². The van der Waals surface area contributed by atoms with E-state index in [1.165, 1.54) is 6.42 Å². The predicted molar refractivity (Wildman–Crippen MR) is 79.6 cm³/mol. The van der Waals surface area contributed by atoms with Gasteiger partial charge in [-0.15, -0.1) is 0 Å². The number of nitrogens with one attached hydrogen (secondary N) is 1. The minimum absolute atomic E-state index is 0.183. The first kappa shape index (κ1) is 13.9. The van der Waals surface area contributed by atoms with Crippen molar-refractivity contribution in [2.75, 3.05) is 18.4 Å². The lowest BCUT2D eigenvalue weighted by Crippen LogP contribution is -2.43. The van der Waals surface area contributed by atoms with Gasteiger partial charge in [-0.05, 0) is 44.7 Å². The van der Waals surface area contributed by atoms with Gasteiger partial charge in [-0.1, -0.05) is 19.1 Å². The second kappa shape index (κ2) is 6.60. The molecule has 3 heteroatoms. The fraction of sp³-hybridized carbons (Fsp3) is 0.562. The summed E-state index contributed by atoms with van der Waals surface area (Å²) >= 11 is 0. The Morgan fingerprint density at radius 3 is 2.84 bits per heavy atom. The average molecular weight is 260 g/mol. The highest BCUT2D eigenvalue weighted by molar-refractivity contribution is 5.99. The Morgan fingerprint density at radius 1 is 1.32 bits per heavy atom. The van der Waals surface area contributed by atoms with Crippen LogP contribution in [0, 0.1) is 0 Å². The quantitative estimate of drug-likeness (QED) is 0.898. The molecule has 1 N–H and O–H groups in total. The fourth-order valence-electron chi connectivity index (χ4n) is 2.86. The largest absolute Gasteiger partial charge is 0.385 e. The van der Waals surface area contributed by atoms with Crippen molar-refractivity contribution >= 4 is 11.6 Å². The summed E-state index contributed by atoms with van der Waals surface area (Å²) in [6.45, 7) is 5.96. The molecule has 1 aromatic carbocycles. The third-order valence-electron chi connectivity index (χ3n) is 3.88. The Morgan fingerprint density at radius 2 is 2.11 bits per heavy atom. The van der Waals surface area contributed by atoms with Crippen LogP contribution >= 0.6 is 0 Å².